The molecule has 4 aromatic heterocycles. The summed E-state index contributed by atoms with van der Waals surface area (Å²) in [7, 11) is 0. The maximum absolute atomic E-state index is 15.1. The highest BCUT2D eigenvalue weighted by Gasteiger charge is 2.54. The molecule has 0 N–H and O–H groups in total. The molecule has 4 aliphatic rings. The van der Waals surface area contributed by atoms with Crippen LogP contribution in [0.5, 0.6) is 11.5 Å². The average molecular weight is 1440 g/mol. The second kappa shape index (κ2) is 26.6. The number of nitriles is 4. The molecule has 0 bridgehead atoms. The van der Waals surface area contributed by atoms with Crippen LogP contribution < -0.4 is 9.47 Å². The number of carbonyl (C=O) groups excluding carboxylic acids is 2. The zero-order chi connectivity index (χ0) is 72.9. The quantitative estimate of drug-likeness (QED) is 0.0528. The number of fused-ring (bicyclic) bond motifs is 8. The van der Waals surface area contributed by atoms with E-state index in [9.17, 15) is 39.4 Å². The van der Waals surface area contributed by atoms with Gasteiger partial charge in [-0.05, 0) is 179 Å². The Balaban J connectivity index is 0.990. The number of ketones is 2. The first-order valence-electron chi connectivity index (χ1n) is 34.1. The van der Waals surface area contributed by atoms with E-state index in [1.54, 1.807) is 34.8 Å². The van der Waals surface area contributed by atoms with Crippen LogP contribution >= 0.6 is 45.3 Å². The van der Waals surface area contributed by atoms with E-state index in [0.717, 1.165) is 144 Å². The molecule has 0 saturated carbocycles. The maximum atomic E-state index is 15.1. The van der Waals surface area contributed by atoms with Crippen LogP contribution in [0.4, 0.5) is 17.6 Å². The van der Waals surface area contributed by atoms with E-state index < -0.39 is 56.8 Å². The van der Waals surface area contributed by atoms with Crippen molar-refractivity contribution in [1.82, 2.24) is 0 Å². The lowest BCUT2D eigenvalue weighted by Crippen LogP contribution is -2.30. The van der Waals surface area contributed by atoms with Crippen molar-refractivity contribution in [3.8, 4) is 76.2 Å². The highest BCUT2D eigenvalue weighted by Crippen LogP contribution is 2.67. The lowest BCUT2D eigenvalue weighted by molar-refractivity contribution is 0.103. The second-order valence-corrected chi connectivity index (χ2v) is 31.6. The van der Waals surface area contributed by atoms with Gasteiger partial charge >= 0.3 is 0 Å². The molecule has 7 aromatic carbocycles. The lowest BCUT2D eigenvalue weighted by atomic mass is 9.65. The number of ether oxygens (including phenoxy) is 2. The minimum Gasteiger partial charge on any atom is -0.492 e. The second-order valence-electron chi connectivity index (χ2n) is 27.3. The minimum atomic E-state index is -1.23. The summed E-state index contributed by atoms with van der Waals surface area (Å²) in [6, 6.07) is 59.1. The molecule has 11 aromatic rings. The number of thiophene rings is 4. The summed E-state index contributed by atoms with van der Waals surface area (Å²) in [5, 5.41) is 41.1. The number of rotatable bonds is 16. The van der Waals surface area contributed by atoms with Crippen LogP contribution in [0, 0.1) is 108 Å². The Kier molecular flexibility index (Phi) is 17.6. The Labute approximate surface area is 616 Å². The first kappa shape index (κ1) is 68.7. The molecule has 510 valence electrons. The monoisotopic (exact) mass is 1440 g/mol. The summed E-state index contributed by atoms with van der Waals surface area (Å²) < 4.78 is 73.7. The molecule has 0 radical (unpaired) electrons. The van der Waals surface area contributed by atoms with Gasteiger partial charge in [0.05, 0.1) is 33.8 Å². The van der Waals surface area contributed by atoms with Crippen molar-refractivity contribution >= 4 is 80.2 Å². The predicted molar refractivity (Wildman–Crippen MR) is 406 cm³/mol. The third-order valence-corrected chi connectivity index (χ3v) is 25.5. The molecule has 104 heavy (non-hydrogen) atoms. The Bertz CT molecular complexity index is 5330. The van der Waals surface area contributed by atoms with Crippen molar-refractivity contribution in [2.75, 3.05) is 13.2 Å². The summed E-state index contributed by atoms with van der Waals surface area (Å²) in [4.78, 5) is 35.3. The Hall–Kier alpha value is -11.1. The molecule has 2 atom stereocenters. The molecular formula is C88H62F4N4O4S4. The fraction of sp³-hybridized carbons (Fsp3) is 0.182. The van der Waals surface area contributed by atoms with Crippen LogP contribution in [0.1, 0.15) is 149 Å². The van der Waals surface area contributed by atoms with Gasteiger partial charge in [-0.1, -0.05) is 160 Å². The number of aryl methyl sites for hydroxylation is 4. The fourth-order valence-corrected chi connectivity index (χ4v) is 19.7. The zero-order valence-corrected chi connectivity index (χ0v) is 61.0. The van der Waals surface area contributed by atoms with E-state index >= 15 is 8.78 Å². The highest BCUT2D eigenvalue weighted by atomic mass is 32.1. The van der Waals surface area contributed by atoms with E-state index in [-0.39, 0.29) is 56.4 Å². The van der Waals surface area contributed by atoms with E-state index in [0.29, 0.717) is 34.5 Å². The van der Waals surface area contributed by atoms with Crippen LogP contribution in [0.25, 0.3) is 63.7 Å². The van der Waals surface area contributed by atoms with Gasteiger partial charge in [0.25, 0.3) is 0 Å². The summed E-state index contributed by atoms with van der Waals surface area (Å²) in [6.45, 7) is 17.5. The van der Waals surface area contributed by atoms with Gasteiger partial charge in [-0.25, -0.2) is 17.6 Å². The molecule has 0 aliphatic heterocycles. The third-order valence-electron chi connectivity index (χ3n) is 20.7. The topological polar surface area (TPSA) is 148 Å². The first-order chi connectivity index (χ1) is 50.2. The number of Topliss-reactive ketones (excluding diaryl/α,β-unsaturated/α-hetero) is 2. The molecule has 4 aliphatic carbocycles. The summed E-state index contributed by atoms with van der Waals surface area (Å²) in [5.41, 5.74) is 11.4. The fourth-order valence-electron chi connectivity index (χ4n) is 14.9. The lowest BCUT2D eigenvalue weighted by Gasteiger charge is -2.35. The SMILES string of the molecule is CCC(C)COc1cc(/C=C2\C(=O)c3cc(F)c(F)cc3C2=C(C#N)C#N)sc1-c1cc2c(s1)-c1cc3c(cc1C2(c1ccc(C)cc1)c1ccc(C)cc1)-c1sc(-c2sc(/C=C4\C(=O)c5cc(F)c(F)cc5C4=C(C#N)C#N)cc2OCC(C)CC)cc1C3(c1ccc(C)cc1)c1ccc(C)cc1. The van der Waals surface area contributed by atoms with Crippen molar-refractivity contribution < 1.29 is 36.6 Å². The van der Waals surface area contributed by atoms with Crippen LogP contribution in [0.2, 0.25) is 0 Å². The van der Waals surface area contributed by atoms with Gasteiger partial charge in [-0.3, -0.25) is 9.59 Å². The number of hydrogen-bond acceptors (Lipinski definition) is 12. The van der Waals surface area contributed by atoms with Gasteiger partial charge < -0.3 is 9.47 Å². The van der Waals surface area contributed by atoms with Gasteiger partial charge in [-0.2, -0.15) is 21.0 Å². The molecule has 2 unspecified atom stereocenters. The minimum absolute atomic E-state index is 0.0342. The van der Waals surface area contributed by atoms with Gasteiger partial charge in [0.1, 0.15) is 46.9 Å². The van der Waals surface area contributed by atoms with Crippen LogP contribution in [0.15, 0.2) is 180 Å². The standard InChI is InChI=1S/C88H62F4N4O4S4/c1-9-45(3)43-99-75-29-57(27-65-79(51(39-93)40-94)59-33-71(89)73(91)35-61(59)81(65)97)101-85(75)77-37-69-83(103-77)63-31-68-64(32-67(63)87(69,53-19-11-47(5)12-20-53)54-21-13-48(6)14-22-54)84-70(88(68,55-23-15-49(7)16-24-55)56-25-17-50(8)18-26-56)38-78(104-84)86-76(100-44-46(4)10-2)30-58(102-86)28-66-80(52(41-95)42-96)60-34-72(90)74(92)36-62(60)82(66)98/h11-38,45-46H,9-10,43-44H2,1-8H3/b65-27-,66-28-. The Morgan fingerprint density at radius 2 is 0.721 bits per heavy atom. The van der Waals surface area contributed by atoms with Crippen molar-refractivity contribution in [3.05, 3.63) is 302 Å². The molecule has 15 rings (SSSR count). The largest absolute Gasteiger partial charge is 0.492 e. The number of allylic oxidation sites excluding steroid dienone is 6. The predicted octanol–water partition coefficient (Wildman–Crippen LogP) is 22.8. The molecule has 16 heteroatoms. The first-order valence-corrected chi connectivity index (χ1v) is 37.4. The van der Waals surface area contributed by atoms with Crippen LogP contribution in [-0.4, -0.2) is 24.8 Å². The number of halogens is 4. The van der Waals surface area contributed by atoms with Gasteiger partial charge in [-0.15, -0.1) is 45.3 Å². The normalized spacial score (nSPS) is 15.3. The van der Waals surface area contributed by atoms with Gasteiger partial charge in [0, 0.05) is 62.7 Å². The summed E-state index contributed by atoms with van der Waals surface area (Å²) in [6.07, 6.45) is 4.86. The number of nitrogens with zero attached hydrogens (tertiary/aromatic N) is 4. The van der Waals surface area contributed by atoms with Crippen molar-refractivity contribution in [3.63, 3.8) is 0 Å². The average Bonchev–Trinajstić information content (AvgIpc) is 1.51. The van der Waals surface area contributed by atoms with E-state index in [1.165, 1.54) is 22.7 Å². The number of benzene rings is 7. The third kappa shape index (κ3) is 11.0. The van der Waals surface area contributed by atoms with E-state index in [2.05, 4.69) is 177 Å². The highest BCUT2D eigenvalue weighted by molar-refractivity contribution is 7.25. The molecule has 0 spiro atoms. The van der Waals surface area contributed by atoms with Crippen molar-refractivity contribution in [2.45, 2.75) is 79.1 Å². The molecule has 0 amide bonds. The van der Waals surface area contributed by atoms with Crippen molar-refractivity contribution in [2.24, 2.45) is 11.8 Å². The molecule has 0 saturated heterocycles. The number of carbonyl (C=O) groups is 2. The van der Waals surface area contributed by atoms with Crippen molar-refractivity contribution in [1.29, 1.82) is 21.0 Å². The summed E-state index contributed by atoms with van der Waals surface area (Å²) >= 11 is 6.05. The maximum Gasteiger partial charge on any atom is 0.194 e. The van der Waals surface area contributed by atoms with Gasteiger partial charge in [0.2, 0.25) is 0 Å². The Morgan fingerprint density at radius 1 is 0.413 bits per heavy atom. The molecule has 4 heterocycles. The number of hydrogen-bond donors (Lipinski definition) is 0. The molecular weight excluding hydrogens is 1380 g/mol. The van der Waals surface area contributed by atoms with E-state index in [1.807, 2.05) is 36.4 Å². The Morgan fingerprint density at radius 3 is 1.02 bits per heavy atom. The van der Waals surface area contributed by atoms with E-state index in [4.69, 9.17) is 9.47 Å². The summed E-state index contributed by atoms with van der Waals surface area (Å²) in [5.74, 6) is -4.76. The smallest absolute Gasteiger partial charge is 0.194 e. The van der Waals surface area contributed by atoms with Crippen LogP contribution in [0.3, 0.4) is 0 Å². The van der Waals surface area contributed by atoms with Gasteiger partial charge in [0.15, 0.2) is 34.8 Å². The molecule has 8 nitrogen and oxygen atoms in total. The van der Waals surface area contributed by atoms with Crippen LogP contribution in [-0.2, 0) is 10.8 Å². The zero-order valence-electron chi connectivity index (χ0n) is 57.7. The molecule has 0 fully saturated rings.